The third-order valence-electron chi connectivity index (χ3n) is 4.93. The number of piperidine rings is 1. The molecule has 2 fully saturated rings. The number of amides is 2. The quantitative estimate of drug-likeness (QED) is 0.793. The molecule has 2 heterocycles. The maximum atomic E-state index is 14.8. The Morgan fingerprint density at radius 1 is 1.31 bits per heavy atom. The van der Waals surface area contributed by atoms with E-state index >= 15 is 0 Å². The van der Waals surface area contributed by atoms with Crippen molar-refractivity contribution >= 4 is 23.4 Å². The number of hydrogen-bond acceptors (Lipinski definition) is 4. The minimum Gasteiger partial charge on any atom is -0.442 e. The SMILES string of the molecule is [C-]#[N+]C([N+]#[C-])=C1CCN(c2ccc(N3C[C@H](CNC(C)=O)OC3=O)cc2F)CC1. The molecule has 0 aliphatic carbocycles. The Labute approximate surface area is 168 Å². The molecule has 2 aliphatic rings. The minimum absolute atomic E-state index is 0.113. The molecule has 1 N–H and O–H groups in total. The van der Waals surface area contributed by atoms with Gasteiger partial charge in [-0.1, -0.05) is 0 Å². The molecule has 3 rings (SSSR count). The van der Waals surface area contributed by atoms with Gasteiger partial charge in [-0.2, -0.15) is 9.69 Å². The largest absolute Gasteiger partial charge is 0.518 e. The molecule has 0 unspecified atom stereocenters. The van der Waals surface area contributed by atoms with Gasteiger partial charge in [-0.15, -0.1) is 0 Å². The zero-order chi connectivity index (χ0) is 21.0. The van der Waals surface area contributed by atoms with E-state index in [0.717, 1.165) is 5.57 Å². The number of anilines is 2. The number of hydrogen-bond donors (Lipinski definition) is 1. The average molecular weight is 397 g/mol. The van der Waals surface area contributed by atoms with Gasteiger partial charge in [0.05, 0.1) is 24.5 Å². The van der Waals surface area contributed by atoms with Gasteiger partial charge in [-0.05, 0) is 31.0 Å². The molecule has 0 bridgehead atoms. The number of nitrogens with zero attached hydrogens (tertiary/aromatic N) is 4. The van der Waals surface area contributed by atoms with Crippen molar-refractivity contribution in [3.05, 3.63) is 58.2 Å². The molecule has 0 aromatic heterocycles. The van der Waals surface area contributed by atoms with Crippen LogP contribution in [-0.4, -0.2) is 44.3 Å². The maximum absolute atomic E-state index is 14.8. The second-order valence-electron chi connectivity index (χ2n) is 6.83. The van der Waals surface area contributed by atoms with E-state index in [-0.39, 0.29) is 24.8 Å². The number of benzene rings is 1. The van der Waals surface area contributed by atoms with Crippen molar-refractivity contribution < 1.29 is 18.7 Å². The lowest BCUT2D eigenvalue weighted by atomic mass is 10.0. The smallest absolute Gasteiger partial charge is 0.442 e. The van der Waals surface area contributed by atoms with Crippen molar-refractivity contribution in [1.29, 1.82) is 0 Å². The number of ether oxygens (including phenoxy) is 1. The summed E-state index contributed by atoms with van der Waals surface area (Å²) in [5.74, 6) is -0.556. The van der Waals surface area contributed by atoms with Crippen LogP contribution in [0.1, 0.15) is 19.8 Å². The lowest BCUT2D eigenvalue weighted by Gasteiger charge is -2.30. The van der Waals surface area contributed by atoms with Crippen LogP contribution in [0.3, 0.4) is 0 Å². The van der Waals surface area contributed by atoms with Gasteiger partial charge in [0.25, 0.3) is 0 Å². The van der Waals surface area contributed by atoms with Crippen molar-refractivity contribution in [2.24, 2.45) is 0 Å². The molecule has 0 radical (unpaired) electrons. The van der Waals surface area contributed by atoms with Crippen LogP contribution in [0, 0.1) is 19.0 Å². The van der Waals surface area contributed by atoms with E-state index in [2.05, 4.69) is 15.0 Å². The van der Waals surface area contributed by atoms with Crippen molar-refractivity contribution in [2.45, 2.75) is 25.9 Å². The maximum Gasteiger partial charge on any atom is 0.518 e. The zero-order valence-corrected chi connectivity index (χ0v) is 15.9. The van der Waals surface area contributed by atoms with Crippen molar-refractivity contribution in [2.75, 3.05) is 36.0 Å². The Hall–Kier alpha value is -3.59. The number of nitrogens with one attached hydrogen (secondary N) is 1. The number of carbonyl (C=O) groups excluding carboxylic acids is 2. The second-order valence-corrected chi connectivity index (χ2v) is 6.83. The second kappa shape index (κ2) is 8.61. The van der Waals surface area contributed by atoms with Crippen molar-refractivity contribution in [1.82, 2.24) is 5.32 Å². The summed E-state index contributed by atoms with van der Waals surface area (Å²) in [7, 11) is 0. The molecule has 29 heavy (non-hydrogen) atoms. The topological polar surface area (TPSA) is 70.6 Å². The number of rotatable bonds is 4. The van der Waals surface area contributed by atoms with Crippen LogP contribution in [0.2, 0.25) is 0 Å². The third kappa shape index (κ3) is 4.46. The number of carbonyl (C=O) groups is 2. The lowest BCUT2D eigenvalue weighted by molar-refractivity contribution is -0.119. The van der Waals surface area contributed by atoms with E-state index in [1.165, 1.54) is 17.9 Å². The Bertz CT molecular complexity index is 920. The molecule has 1 aromatic rings. The summed E-state index contributed by atoms with van der Waals surface area (Å²) >= 11 is 0. The highest BCUT2D eigenvalue weighted by Gasteiger charge is 2.33. The Balaban J connectivity index is 1.68. The molecule has 1 aromatic carbocycles. The van der Waals surface area contributed by atoms with Crippen LogP contribution in [0.5, 0.6) is 0 Å². The van der Waals surface area contributed by atoms with E-state index in [0.29, 0.717) is 37.3 Å². The van der Waals surface area contributed by atoms with Crippen molar-refractivity contribution in [3.63, 3.8) is 0 Å². The van der Waals surface area contributed by atoms with Gasteiger partial charge in [-0.25, -0.2) is 9.18 Å². The Kier molecular flexibility index (Phi) is 5.99. The minimum atomic E-state index is -0.578. The first kappa shape index (κ1) is 20.2. The van der Waals surface area contributed by atoms with Crippen molar-refractivity contribution in [3.8, 4) is 0 Å². The molecule has 150 valence electrons. The fourth-order valence-electron chi connectivity index (χ4n) is 3.44. The van der Waals surface area contributed by atoms with Crippen LogP contribution < -0.4 is 15.1 Å². The molecule has 0 spiro atoms. The summed E-state index contributed by atoms with van der Waals surface area (Å²) in [4.78, 5) is 32.8. The monoisotopic (exact) mass is 397 g/mol. The first-order valence-corrected chi connectivity index (χ1v) is 9.17. The highest BCUT2D eigenvalue weighted by molar-refractivity contribution is 5.90. The number of cyclic esters (lactones) is 1. The van der Waals surface area contributed by atoms with Gasteiger partial charge in [0.15, 0.2) is 0 Å². The molecule has 0 saturated carbocycles. The molecule has 2 saturated heterocycles. The predicted molar refractivity (Wildman–Crippen MR) is 104 cm³/mol. The van der Waals surface area contributed by atoms with Crippen LogP contribution in [0.15, 0.2) is 29.6 Å². The summed E-state index contributed by atoms with van der Waals surface area (Å²) in [6.07, 6.45) is 0.0291. The number of halogens is 1. The van der Waals surface area contributed by atoms with Gasteiger partial charge in [0.1, 0.15) is 25.1 Å². The van der Waals surface area contributed by atoms with Gasteiger partial charge < -0.3 is 15.0 Å². The van der Waals surface area contributed by atoms with E-state index in [1.54, 1.807) is 12.1 Å². The summed E-state index contributed by atoms with van der Waals surface area (Å²) in [6, 6.07) is 4.58. The fraction of sp³-hybridized carbons (Fsp3) is 0.400. The van der Waals surface area contributed by atoms with E-state index in [9.17, 15) is 14.0 Å². The summed E-state index contributed by atoms with van der Waals surface area (Å²) in [5.41, 5.74) is 1.62. The fourth-order valence-corrected chi connectivity index (χ4v) is 3.44. The highest BCUT2D eigenvalue weighted by Crippen LogP contribution is 2.31. The molecular formula is C20H20FN5O3. The van der Waals surface area contributed by atoms with Crippen LogP contribution in [-0.2, 0) is 9.53 Å². The molecule has 1 atom stereocenters. The van der Waals surface area contributed by atoms with Gasteiger partial charge in [-0.3, -0.25) is 9.69 Å². The Morgan fingerprint density at radius 2 is 2.00 bits per heavy atom. The first-order valence-electron chi connectivity index (χ1n) is 9.17. The molecule has 8 nitrogen and oxygen atoms in total. The zero-order valence-electron chi connectivity index (χ0n) is 15.9. The van der Waals surface area contributed by atoms with Crippen LogP contribution >= 0.6 is 0 Å². The van der Waals surface area contributed by atoms with E-state index in [4.69, 9.17) is 17.9 Å². The normalized spacial score (nSPS) is 18.7. The standard InChI is InChI=1S/C20H20FN5O3/c1-13(27)24-11-16-12-26(20(28)29-16)15-4-5-18(17(21)10-15)25-8-6-14(7-9-25)19(22-2)23-3/h4-5,10,16H,6-9,11-12H2,1H3,(H,24,27)/t16-/m0/s1. The van der Waals surface area contributed by atoms with Crippen LogP contribution in [0.4, 0.5) is 20.6 Å². The predicted octanol–water partition coefficient (Wildman–Crippen LogP) is 2.94. The molecule has 2 amide bonds. The van der Waals surface area contributed by atoms with E-state index < -0.39 is 18.0 Å². The van der Waals surface area contributed by atoms with Gasteiger partial charge in [0, 0.05) is 25.6 Å². The third-order valence-corrected chi connectivity index (χ3v) is 4.93. The van der Waals surface area contributed by atoms with Gasteiger partial charge >= 0.3 is 11.9 Å². The summed E-state index contributed by atoms with van der Waals surface area (Å²) < 4.78 is 20.0. The highest BCUT2D eigenvalue weighted by atomic mass is 19.1. The lowest BCUT2D eigenvalue weighted by Crippen LogP contribution is -2.33. The summed E-state index contributed by atoms with van der Waals surface area (Å²) in [5, 5.41) is 2.60. The molecular weight excluding hydrogens is 377 g/mol. The summed E-state index contributed by atoms with van der Waals surface area (Å²) in [6.45, 7) is 16.9. The molecule has 2 aliphatic heterocycles. The average Bonchev–Trinajstić information content (AvgIpc) is 3.08. The molecule has 9 heteroatoms. The van der Waals surface area contributed by atoms with Crippen LogP contribution in [0.25, 0.3) is 9.69 Å². The van der Waals surface area contributed by atoms with Gasteiger partial charge in [0.2, 0.25) is 5.91 Å². The van der Waals surface area contributed by atoms with E-state index in [1.807, 2.05) is 4.90 Å². The first-order chi connectivity index (χ1) is 13.9. The Morgan fingerprint density at radius 3 is 2.59 bits per heavy atom.